The standard InChI is InChI=1S/C17H21N5S/c1-11-6-7-13(9-12(11)2)16-20-22-15(18-19-17(22)23-16)14-5-4-8-21(3)10-14/h6-7,9,14H,4-5,8,10H2,1-3H3/t14-/m0/s1. The molecule has 0 aliphatic carbocycles. The number of aryl methyl sites for hydroxylation is 2. The van der Waals surface area contributed by atoms with Crippen LogP contribution >= 0.6 is 11.3 Å². The highest BCUT2D eigenvalue weighted by molar-refractivity contribution is 7.19. The first-order valence-electron chi connectivity index (χ1n) is 8.10. The van der Waals surface area contributed by atoms with Crippen molar-refractivity contribution in [2.24, 2.45) is 0 Å². The predicted molar refractivity (Wildman–Crippen MR) is 93.0 cm³/mol. The maximum atomic E-state index is 4.81. The van der Waals surface area contributed by atoms with E-state index in [1.165, 1.54) is 30.5 Å². The molecule has 0 spiro atoms. The monoisotopic (exact) mass is 327 g/mol. The van der Waals surface area contributed by atoms with Gasteiger partial charge >= 0.3 is 0 Å². The Bertz CT molecular complexity index is 850. The molecule has 0 unspecified atom stereocenters. The van der Waals surface area contributed by atoms with Crippen LogP contribution in [0.5, 0.6) is 0 Å². The number of aromatic nitrogens is 4. The third-order valence-corrected chi connectivity index (χ3v) is 5.71. The maximum Gasteiger partial charge on any atom is 0.234 e. The Morgan fingerprint density at radius 3 is 2.83 bits per heavy atom. The van der Waals surface area contributed by atoms with Gasteiger partial charge in [0.15, 0.2) is 5.82 Å². The van der Waals surface area contributed by atoms with Crippen molar-refractivity contribution in [3.8, 4) is 10.6 Å². The molecule has 120 valence electrons. The summed E-state index contributed by atoms with van der Waals surface area (Å²) >= 11 is 1.62. The van der Waals surface area contributed by atoms with Crippen LogP contribution in [0.2, 0.25) is 0 Å². The van der Waals surface area contributed by atoms with Gasteiger partial charge in [0, 0.05) is 18.0 Å². The van der Waals surface area contributed by atoms with Gasteiger partial charge in [0.1, 0.15) is 5.01 Å². The van der Waals surface area contributed by atoms with Crippen molar-refractivity contribution in [2.45, 2.75) is 32.6 Å². The average Bonchev–Trinajstić information content (AvgIpc) is 3.10. The molecule has 1 aliphatic heterocycles. The summed E-state index contributed by atoms with van der Waals surface area (Å²) in [5, 5.41) is 14.6. The van der Waals surface area contributed by atoms with Crippen LogP contribution < -0.4 is 0 Å². The van der Waals surface area contributed by atoms with Crippen LogP contribution in [0.3, 0.4) is 0 Å². The summed E-state index contributed by atoms with van der Waals surface area (Å²) in [5.74, 6) is 1.44. The predicted octanol–water partition coefficient (Wildman–Crippen LogP) is 3.28. The highest BCUT2D eigenvalue weighted by atomic mass is 32.1. The van der Waals surface area contributed by atoms with Gasteiger partial charge in [-0.3, -0.25) is 0 Å². The van der Waals surface area contributed by atoms with Crippen LogP contribution in [0, 0.1) is 13.8 Å². The Morgan fingerprint density at radius 2 is 2.04 bits per heavy atom. The molecule has 0 bridgehead atoms. The van der Waals surface area contributed by atoms with Gasteiger partial charge in [-0.15, -0.1) is 10.2 Å². The van der Waals surface area contributed by atoms with E-state index in [0.717, 1.165) is 27.9 Å². The van der Waals surface area contributed by atoms with Crippen LogP contribution in [0.25, 0.3) is 15.5 Å². The number of piperidine rings is 1. The smallest absolute Gasteiger partial charge is 0.234 e. The number of likely N-dealkylation sites (tertiary alicyclic amines) is 1. The van der Waals surface area contributed by atoms with Crippen molar-refractivity contribution in [1.82, 2.24) is 24.7 Å². The van der Waals surface area contributed by atoms with Gasteiger partial charge in [0.25, 0.3) is 0 Å². The van der Waals surface area contributed by atoms with Crippen LogP contribution in [-0.4, -0.2) is 44.8 Å². The normalized spacial score (nSPS) is 19.5. The van der Waals surface area contributed by atoms with E-state index in [1.807, 2.05) is 4.52 Å². The topological polar surface area (TPSA) is 46.3 Å². The molecule has 2 aromatic heterocycles. The minimum absolute atomic E-state index is 0.429. The molecule has 0 radical (unpaired) electrons. The molecule has 0 amide bonds. The van der Waals surface area contributed by atoms with E-state index >= 15 is 0 Å². The molecule has 0 N–H and O–H groups in total. The summed E-state index contributed by atoms with van der Waals surface area (Å²) in [5.41, 5.74) is 3.76. The van der Waals surface area contributed by atoms with Crippen molar-refractivity contribution in [3.63, 3.8) is 0 Å². The van der Waals surface area contributed by atoms with Gasteiger partial charge < -0.3 is 4.90 Å². The fraction of sp³-hybridized carbons (Fsp3) is 0.471. The Labute approximate surface area is 140 Å². The molecule has 3 aromatic rings. The van der Waals surface area contributed by atoms with Crippen LogP contribution in [0.15, 0.2) is 18.2 Å². The maximum absolute atomic E-state index is 4.81. The molecule has 0 saturated carbocycles. The molecule has 5 nitrogen and oxygen atoms in total. The number of fused-ring (bicyclic) bond motifs is 1. The zero-order valence-corrected chi connectivity index (χ0v) is 14.6. The number of likely N-dealkylation sites (N-methyl/N-ethyl adjacent to an activating group) is 1. The van der Waals surface area contributed by atoms with Gasteiger partial charge in [-0.1, -0.05) is 23.5 Å². The Morgan fingerprint density at radius 1 is 1.17 bits per heavy atom. The SMILES string of the molecule is Cc1ccc(-c2nn3c([C@H]4CCCN(C)C4)nnc3s2)cc1C. The molecule has 3 heterocycles. The third-order valence-electron chi connectivity index (χ3n) is 4.76. The van der Waals surface area contributed by atoms with Gasteiger partial charge in [0.05, 0.1) is 0 Å². The molecule has 1 saturated heterocycles. The number of rotatable bonds is 2. The number of hydrogen-bond acceptors (Lipinski definition) is 5. The third kappa shape index (κ3) is 2.66. The van der Waals surface area contributed by atoms with Crippen LogP contribution in [0.4, 0.5) is 0 Å². The molecule has 1 atom stereocenters. The Balaban J connectivity index is 1.72. The number of nitrogens with zero attached hydrogens (tertiary/aromatic N) is 5. The van der Waals surface area contributed by atoms with Crippen molar-refractivity contribution < 1.29 is 0 Å². The van der Waals surface area contributed by atoms with E-state index in [4.69, 9.17) is 5.10 Å². The zero-order chi connectivity index (χ0) is 16.0. The second-order valence-corrected chi connectivity index (χ2v) is 7.52. The number of benzene rings is 1. The second kappa shape index (κ2) is 5.69. The molecule has 6 heteroatoms. The fourth-order valence-electron chi connectivity index (χ4n) is 3.25. The van der Waals surface area contributed by atoms with Gasteiger partial charge in [0.2, 0.25) is 4.96 Å². The summed E-state index contributed by atoms with van der Waals surface area (Å²) in [7, 11) is 2.17. The van der Waals surface area contributed by atoms with E-state index in [1.54, 1.807) is 11.3 Å². The molecule has 23 heavy (non-hydrogen) atoms. The zero-order valence-electron chi connectivity index (χ0n) is 13.8. The van der Waals surface area contributed by atoms with Gasteiger partial charge in [-0.05, 0) is 57.5 Å². The summed E-state index contributed by atoms with van der Waals surface area (Å²) in [4.78, 5) is 3.26. The summed E-state index contributed by atoms with van der Waals surface area (Å²) in [6.07, 6.45) is 2.38. The van der Waals surface area contributed by atoms with Crippen molar-refractivity contribution in [1.29, 1.82) is 0 Å². The lowest BCUT2D eigenvalue weighted by Gasteiger charge is -2.28. The van der Waals surface area contributed by atoms with Gasteiger partial charge in [-0.25, -0.2) is 0 Å². The first-order chi connectivity index (χ1) is 11.1. The highest BCUT2D eigenvalue weighted by Crippen LogP contribution is 2.30. The van der Waals surface area contributed by atoms with E-state index in [0.29, 0.717) is 5.92 Å². The number of hydrogen-bond donors (Lipinski definition) is 0. The van der Waals surface area contributed by atoms with Crippen LogP contribution in [0.1, 0.15) is 35.7 Å². The Kier molecular flexibility index (Phi) is 3.66. The lowest BCUT2D eigenvalue weighted by atomic mass is 9.98. The lowest BCUT2D eigenvalue weighted by Crippen LogP contribution is -2.31. The highest BCUT2D eigenvalue weighted by Gasteiger charge is 2.25. The first kappa shape index (κ1) is 14.8. The van der Waals surface area contributed by atoms with Crippen LogP contribution in [-0.2, 0) is 0 Å². The van der Waals surface area contributed by atoms with Crippen molar-refractivity contribution >= 4 is 16.3 Å². The minimum Gasteiger partial charge on any atom is -0.306 e. The van der Waals surface area contributed by atoms with E-state index in [9.17, 15) is 0 Å². The van der Waals surface area contributed by atoms with E-state index in [2.05, 4.69) is 54.2 Å². The Hall–Kier alpha value is -1.79. The molecule has 1 aromatic carbocycles. The van der Waals surface area contributed by atoms with Crippen molar-refractivity contribution in [3.05, 3.63) is 35.2 Å². The largest absolute Gasteiger partial charge is 0.306 e. The molecule has 4 rings (SSSR count). The summed E-state index contributed by atoms with van der Waals surface area (Å²) < 4.78 is 1.96. The average molecular weight is 327 g/mol. The fourth-order valence-corrected chi connectivity index (χ4v) is 4.10. The molecular formula is C17H21N5S. The first-order valence-corrected chi connectivity index (χ1v) is 8.92. The molecule has 1 fully saturated rings. The van der Waals surface area contributed by atoms with Gasteiger partial charge in [-0.2, -0.15) is 9.61 Å². The minimum atomic E-state index is 0.429. The summed E-state index contributed by atoms with van der Waals surface area (Å²) in [6.45, 7) is 6.48. The second-order valence-electron chi connectivity index (χ2n) is 6.56. The van der Waals surface area contributed by atoms with E-state index < -0.39 is 0 Å². The quantitative estimate of drug-likeness (QED) is 0.725. The van der Waals surface area contributed by atoms with E-state index in [-0.39, 0.29) is 0 Å². The molecular weight excluding hydrogens is 306 g/mol. The lowest BCUT2D eigenvalue weighted by molar-refractivity contribution is 0.244. The molecule has 1 aliphatic rings. The summed E-state index contributed by atoms with van der Waals surface area (Å²) in [6, 6.07) is 6.50. The van der Waals surface area contributed by atoms with Crippen molar-refractivity contribution in [2.75, 3.05) is 20.1 Å².